The summed E-state index contributed by atoms with van der Waals surface area (Å²) >= 11 is 0. The quantitative estimate of drug-likeness (QED) is 0.469. The molecule has 0 aromatic carbocycles. The van der Waals surface area contributed by atoms with E-state index in [4.69, 9.17) is 0 Å². The number of hydrogen-bond acceptors (Lipinski definition) is 5. The van der Waals surface area contributed by atoms with E-state index >= 15 is 0 Å². The van der Waals surface area contributed by atoms with Gasteiger partial charge in [0.05, 0.1) is 11.1 Å². The van der Waals surface area contributed by atoms with E-state index in [9.17, 15) is 29.6 Å². The molecular weight excluding hydrogens is 318 g/mol. The van der Waals surface area contributed by atoms with Crippen LogP contribution in [0.15, 0.2) is 23.1 Å². The van der Waals surface area contributed by atoms with Crippen LogP contribution in [0.5, 0.6) is 0 Å². The van der Waals surface area contributed by atoms with Crippen LogP contribution in [-0.2, 0) is 16.1 Å². The number of hydrogen-bond donors (Lipinski definition) is 2. The fraction of sp³-hybridized carbons (Fsp3) is 0.533. The number of aromatic nitrogens is 1. The standard InChI is InChI=1S/C15H19N3O6/c19-12(10-17-9-11(18(23)24)5-6-13(17)20)16-15(14(21)22)7-3-1-2-4-8-15/h5-6,9H,1-4,7-8,10H2,(H,16,19)(H,21,22). The first-order chi connectivity index (χ1) is 11.3. The molecule has 0 saturated heterocycles. The van der Waals surface area contributed by atoms with Crippen molar-refractivity contribution >= 4 is 17.6 Å². The molecule has 0 aliphatic heterocycles. The molecule has 0 radical (unpaired) electrons. The monoisotopic (exact) mass is 337 g/mol. The Morgan fingerprint density at radius 3 is 2.42 bits per heavy atom. The van der Waals surface area contributed by atoms with E-state index in [2.05, 4.69) is 5.32 Å². The first kappa shape index (κ1) is 17.6. The lowest BCUT2D eigenvalue weighted by atomic mass is 9.90. The second-order valence-corrected chi connectivity index (χ2v) is 5.96. The highest BCUT2D eigenvalue weighted by atomic mass is 16.6. The zero-order chi connectivity index (χ0) is 17.7. The van der Waals surface area contributed by atoms with E-state index in [0.29, 0.717) is 25.7 Å². The van der Waals surface area contributed by atoms with Crippen LogP contribution in [0.25, 0.3) is 0 Å². The highest BCUT2D eigenvalue weighted by Gasteiger charge is 2.40. The highest BCUT2D eigenvalue weighted by Crippen LogP contribution is 2.27. The summed E-state index contributed by atoms with van der Waals surface area (Å²) in [7, 11) is 0. The number of carbonyl (C=O) groups excluding carboxylic acids is 1. The van der Waals surface area contributed by atoms with Crippen LogP contribution in [-0.4, -0.2) is 32.0 Å². The summed E-state index contributed by atoms with van der Waals surface area (Å²) in [4.78, 5) is 45.7. The molecule has 2 N–H and O–H groups in total. The summed E-state index contributed by atoms with van der Waals surface area (Å²) in [6.45, 7) is -0.463. The zero-order valence-corrected chi connectivity index (χ0v) is 13.1. The number of carbonyl (C=O) groups is 2. The average Bonchev–Trinajstić information content (AvgIpc) is 2.75. The van der Waals surface area contributed by atoms with Crippen LogP contribution >= 0.6 is 0 Å². The number of amides is 1. The second kappa shape index (κ2) is 7.24. The lowest BCUT2D eigenvalue weighted by Gasteiger charge is -2.29. The van der Waals surface area contributed by atoms with Gasteiger partial charge in [0.2, 0.25) is 5.91 Å². The average molecular weight is 337 g/mol. The third-order valence-corrected chi connectivity index (χ3v) is 4.24. The van der Waals surface area contributed by atoms with Crippen LogP contribution in [0.2, 0.25) is 0 Å². The Bertz CT molecular complexity index is 703. The molecule has 0 bridgehead atoms. The number of carboxylic acids is 1. The molecule has 24 heavy (non-hydrogen) atoms. The van der Waals surface area contributed by atoms with Gasteiger partial charge in [0.1, 0.15) is 12.1 Å². The molecule has 2 rings (SSSR count). The van der Waals surface area contributed by atoms with E-state index in [1.54, 1.807) is 0 Å². The molecule has 1 amide bonds. The van der Waals surface area contributed by atoms with Gasteiger partial charge in [-0.05, 0) is 12.8 Å². The fourth-order valence-electron chi connectivity index (χ4n) is 2.94. The van der Waals surface area contributed by atoms with Crippen molar-refractivity contribution in [2.45, 2.75) is 50.6 Å². The van der Waals surface area contributed by atoms with Crippen LogP contribution in [0, 0.1) is 10.1 Å². The van der Waals surface area contributed by atoms with Crippen molar-refractivity contribution in [1.29, 1.82) is 0 Å². The van der Waals surface area contributed by atoms with Crippen LogP contribution in [0.1, 0.15) is 38.5 Å². The normalized spacial score (nSPS) is 16.8. The molecule has 1 fully saturated rings. The number of nitro groups is 1. The molecular formula is C15H19N3O6. The maximum Gasteiger partial charge on any atom is 0.329 e. The third kappa shape index (κ3) is 3.98. The summed E-state index contributed by atoms with van der Waals surface area (Å²) in [5.74, 6) is -1.74. The lowest BCUT2D eigenvalue weighted by molar-refractivity contribution is -0.385. The maximum atomic E-state index is 12.2. The van der Waals surface area contributed by atoms with Crippen molar-refractivity contribution in [3.05, 3.63) is 38.8 Å². The number of nitrogens with one attached hydrogen (secondary N) is 1. The number of pyridine rings is 1. The van der Waals surface area contributed by atoms with Gasteiger partial charge in [-0.15, -0.1) is 0 Å². The molecule has 1 saturated carbocycles. The topological polar surface area (TPSA) is 132 Å². The fourth-order valence-corrected chi connectivity index (χ4v) is 2.94. The summed E-state index contributed by atoms with van der Waals surface area (Å²) in [6.07, 6.45) is 4.86. The Morgan fingerprint density at radius 2 is 1.88 bits per heavy atom. The van der Waals surface area contributed by atoms with Crippen molar-refractivity contribution in [3.63, 3.8) is 0 Å². The van der Waals surface area contributed by atoms with Crippen LogP contribution in [0.3, 0.4) is 0 Å². The number of nitrogens with zero attached hydrogens (tertiary/aromatic N) is 2. The Morgan fingerprint density at radius 1 is 1.25 bits per heavy atom. The molecule has 0 atom stereocenters. The summed E-state index contributed by atoms with van der Waals surface area (Å²) < 4.78 is 0.902. The third-order valence-electron chi connectivity index (χ3n) is 4.24. The molecule has 1 aromatic rings. The predicted octanol–water partition coefficient (Wildman–Crippen LogP) is 1.05. The minimum Gasteiger partial charge on any atom is -0.480 e. The Labute approximate surface area is 137 Å². The molecule has 130 valence electrons. The van der Waals surface area contributed by atoms with Gasteiger partial charge in [-0.1, -0.05) is 25.7 Å². The molecule has 1 heterocycles. The first-order valence-electron chi connectivity index (χ1n) is 7.73. The number of aliphatic carboxylic acids is 1. The maximum absolute atomic E-state index is 12.2. The van der Waals surface area contributed by atoms with Gasteiger partial charge in [-0.2, -0.15) is 0 Å². The lowest BCUT2D eigenvalue weighted by Crippen LogP contribution is -2.55. The minimum atomic E-state index is -1.34. The largest absolute Gasteiger partial charge is 0.480 e. The predicted molar refractivity (Wildman–Crippen MR) is 83.6 cm³/mol. The Hall–Kier alpha value is -2.71. The second-order valence-electron chi connectivity index (χ2n) is 5.96. The summed E-state index contributed by atoms with van der Waals surface area (Å²) in [5, 5.41) is 22.8. The van der Waals surface area contributed by atoms with Crippen molar-refractivity contribution in [2.75, 3.05) is 0 Å². The smallest absolute Gasteiger partial charge is 0.329 e. The Balaban J connectivity index is 2.17. The first-order valence-corrected chi connectivity index (χ1v) is 7.73. The zero-order valence-electron chi connectivity index (χ0n) is 13.1. The number of rotatable bonds is 5. The van der Waals surface area contributed by atoms with E-state index in [1.165, 1.54) is 0 Å². The van der Waals surface area contributed by atoms with Gasteiger partial charge in [0.25, 0.3) is 11.2 Å². The van der Waals surface area contributed by atoms with Gasteiger partial charge >= 0.3 is 5.97 Å². The minimum absolute atomic E-state index is 0.315. The van der Waals surface area contributed by atoms with E-state index in [0.717, 1.165) is 35.7 Å². The van der Waals surface area contributed by atoms with Gasteiger partial charge in [-0.25, -0.2) is 4.79 Å². The highest BCUT2D eigenvalue weighted by molar-refractivity contribution is 5.87. The molecule has 1 aromatic heterocycles. The summed E-state index contributed by atoms with van der Waals surface area (Å²) in [6, 6.07) is 2.06. The van der Waals surface area contributed by atoms with E-state index in [1.807, 2.05) is 0 Å². The molecule has 0 unspecified atom stereocenters. The van der Waals surface area contributed by atoms with E-state index in [-0.39, 0.29) is 5.69 Å². The van der Waals surface area contributed by atoms with Crippen LogP contribution < -0.4 is 10.9 Å². The SMILES string of the molecule is O=C(Cn1cc([N+](=O)[O-])ccc1=O)NC1(C(=O)O)CCCCCC1. The van der Waals surface area contributed by atoms with Crippen molar-refractivity contribution < 1.29 is 19.6 Å². The Kier molecular flexibility index (Phi) is 5.32. The van der Waals surface area contributed by atoms with Gasteiger partial charge in [0.15, 0.2) is 0 Å². The van der Waals surface area contributed by atoms with Crippen LogP contribution in [0.4, 0.5) is 5.69 Å². The van der Waals surface area contributed by atoms with Gasteiger partial charge in [-0.3, -0.25) is 24.3 Å². The molecule has 1 aliphatic carbocycles. The summed E-state index contributed by atoms with van der Waals surface area (Å²) in [5.41, 5.74) is -2.22. The van der Waals surface area contributed by atoms with Gasteiger partial charge < -0.3 is 10.4 Å². The molecule has 9 heteroatoms. The van der Waals surface area contributed by atoms with Gasteiger partial charge in [0, 0.05) is 12.1 Å². The van der Waals surface area contributed by atoms with E-state index < -0.39 is 34.4 Å². The molecule has 9 nitrogen and oxygen atoms in total. The van der Waals surface area contributed by atoms with Crippen molar-refractivity contribution in [1.82, 2.24) is 9.88 Å². The molecule has 0 spiro atoms. The van der Waals surface area contributed by atoms with Crippen molar-refractivity contribution in [3.8, 4) is 0 Å². The molecule has 1 aliphatic rings. The van der Waals surface area contributed by atoms with Crippen molar-refractivity contribution in [2.24, 2.45) is 0 Å². The number of carboxylic acid groups (broad SMARTS) is 1.